The minimum absolute atomic E-state index is 0.220. The molecule has 5 rings (SSSR count). The van der Waals surface area contributed by atoms with E-state index in [0.717, 1.165) is 39.5 Å². The summed E-state index contributed by atoms with van der Waals surface area (Å²) in [7, 11) is 3.24. The second kappa shape index (κ2) is 9.95. The van der Waals surface area contributed by atoms with Crippen LogP contribution in [0.3, 0.4) is 0 Å². The van der Waals surface area contributed by atoms with E-state index in [4.69, 9.17) is 19.0 Å². The van der Waals surface area contributed by atoms with Gasteiger partial charge in [0.25, 0.3) is 5.89 Å². The Morgan fingerprint density at radius 2 is 1.69 bits per heavy atom. The van der Waals surface area contributed by atoms with E-state index in [0.29, 0.717) is 18.3 Å². The first-order valence-corrected chi connectivity index (χ1v) is 11.5. The molecular weight excluding hydrogens is 456 g/mol. The van der Waals surface area contributed by atoms with Gasteiger partial charge in [-0.05, 0) is 42.3 Å². The summed E-state index contributed by atoms with van der Waals surface area (Å²) in [5.41, 5.74) is 4.11. The summed E-state index contributed by atoms with van der Waals surface area (Å²) < 4.78 is 16.4. The van der Waals surface area contributed by atoms with Crippen LogP contribution in [0.1, 0.15) is 30.0 Å². The summed E-state index contributed by atoms with van der Waals surface area (Å²) in [5, 5.41) is 7.34. The Balaban J connectivity index is 1.58. The normalized spacial score (nSPS) is 15.6. The average molecular weight is 483 g/mol. The number of carbonyl (C=O) groups excluding carboxylic acids is 1. The number of rotatable bonds is 7. The summed E-state index contributed by atoms with van der Waals surface area (Å²) in [4.78, 5) is 19.7. The van der Waals surface area contributed by atoms with Gasteiger partial charge in [-0.3, -0.25) is 4.90 Å². The molecule has 1 unspecified atom stereocenters. The Hall–Kier alpha value is -4.59. The fraction of sp³-hybridized carbons (Fsp3) is 0.179. The van der Waals surface area contributed by atoms with Crippen LogP contribution in [-0.2, 0) is 6.54 Å². The zero-order chi connectivity index (χ0) is 25.1. The number of nitrogens with one attached hydrogen (secondary N) is 1. The monoisotopic (exact) mass is 482 g/mol. The lowest BCUT2D eigenvalue weighted by Crippen LogP contribution is -2.45. The van der Waals surface area contributed by atoms with Crippen molar-refractivity contribution in [2.24, 2.45) is 0 Å². The summed E-state index contributed by atoms with van der Waals surface area (Å²) in [6.45, 7) is 2.25. The number of nitrogens with zero attached hydrogens (tertiary/aromatic N) is 3. The van der Waals surface area contributed by atoms with Gasteiger partial charge in [0.05, 0.1) is 32.4 Å². The number of ether oxygens (including phenoxy) is 2. The second-order valence-electron chi connectivity index (χ2n) is 8.38. The lowest BCUT2D eigenvalue weighted by molar-refractivity contribution is 0.203. The molecule has 1 aromatic heterocycles. The zero-order valence-electron chi connectivity index (χ0n) is 20.3. The Morgan fingerprint density at radius 3 is 2.42 bits per heavy atom. The fourth-order valence-corrected chi connectivity index (χ4v) is 4.29. The van der Waals surface area contributed by atoms with Crippen molar-refractivity contribution in [1.82, 2.24) is 20.4 Å². The van der Waals surface area contributed by atoms with Gasteiger partial charge in [0, 0.05) is 11.3 Å². The van der Waals surface area contributed by atoms with E-state index in [1.165, 1.54) is 0 Å². The van der Waals surface area contributed by atoms with Crippen molar-refractivity contribution in [1.29, 1.82) is 0 Å². The molecule has 0 saturated heterocycles. The van der Waals surface area contributed by atoms with Crippen molar-refractivity contribution in [3.05, 3.63) is 102 Å². The molecule has 0 spiro atoms. The first-order chi connectivity index (χ1) is 17.6. The molecule has 2 amide bonds. The molecule has 182 valence electrons. The quantitative estimate of drug-likeness (QED) is 0.377. The highest BCUT2D eigenvalue weighted by molar-refractivity contribution is 5.87. The minimum Gasteiger partial charge on any atom is -0.497 e. The number of methoxy groups -OCH3 is 2. The Morgan fingerprint density at radius 1 is 0.944 bits per heavy atom. The highest BCUT2D eigenvalue weighted by Crippen LogP contribution is 2.38. The number of hydrogen-bond donors (Lipinski definition) is 1. The molecule has 1 aliphatic heterocycles. The van der Waals surface area contributed by atoms with Gasteiger partial charge in [-0.25, -0.2) is 4.79 Å². The minimum atomic E-state index is -0.478. The van der Waals surface area contributed by atoms with Crippen molar-refractivity contribution >= 4 is 11.6 Å². The molecule has 0 aliphatic carbocycles. The van der Waals surface area contributed by atoms with E-state index in [1.807, 2.05) is 85.8 Å². The predicted molar refractivity (Wildman–Crippen MR) is 135 cm³/mol. The van der Waals surface area contributed by atoms with Gasteiger partial charge >= 0.3 is 6.03 Å². The van der Waals surface area contributed by atoms with E-state index < -0.39 is 6.04 Å². The van der Waals surface area contributed by atoms with Crippen LogP contribution >= 0.6 is 0 Å². The van der Waals surface area contributed by atoms with E-state index in [2.05, 4.69) is 10.5 Å². The lowest BCUT2D eigenvalue weighted by atomic mass is 9.94. The summed E-state index contributed by atoms with van der Waals surface area (Å²) in [5.74, 6) is 2.29. The van der Waals surface area contributed by atoms with Gasteiger partial charge in [0.2, 0.25) is 5.82 Å². The Labute approximate surface area is 209 Å². The highest BCUT2D eigenvalue weighted by atomic mass is 16.5. The van der Waals surface area contributed by atoms with Crippen molar-refractivity contribution < 1.29 is 18.8 Å². The maximum Gasteiger partial charge on any atom is 0.322 e. The van der Waals surface area contributed by atoms with Gasteiger partial charge < -0.3 is 19.3 Å². The van der Waals surface area contributed by atoms with Crippen molar-refractivity contribution in [2.75, 3.05) is 14.2 Å². The SMILES string of the molecule is COc1ccc(C2NC(=O)N(Cc3cccc(OC)c3)C(C)=C2c2nc(-c3ccccc3)no2)cc1. The molecule has 3 aromatic carbocycles. The smallest absolute Gasteiger partial charge is 0.322 e. The molecule has 0 bridgehead atoms. The molecule has 1 atom stereocenters. The standard InChI is InChI=1S/C28H26N4O4/c1-18-24(27-30-26(31-36-27)21-9-5-4-6-10-21)25(20-12-14-22(34-2)15-13-20)29-28(33)32(18)17-19-8-7-11-23(16-19)35-3/h4-16,25H,17H2,1-3H3,(H,29,33). The Bertz CT molecular complexity index is 1400. The topological polar surface area (TPSA) is 89.7 Å². The van der Waals surface area contributed by atoms with Crippen LogP contribution in [0.15, 0.2) is 89.1 Å². The number of carbonyl (C=O) groups is 1. The van der Waals surface area contributed by atoms with Gasteiger partial charge in [-0.2, -0.15) is 4.98 Å². The number of aromatic nitrogens is 2. The molecule has 2 heterocycles. The Kier molecular flexibility index (Phi) is 6.40. The van der Waals surface area contributed by atoms with Crippen molar-refractivity contribution in [3.63, 3.8) is 0 Å². The third-order valence-corrected chi connectivity index (χ3v) is 6.21. The van der Waals surface area contributed by atoms with Crippen LogP contribution in [0.5, 0.6) is 11.5 Å². The third-order valence-electron chi connectivity index (χ3n) is 6.21. The number of amides is 2. The molecule has 1 N–H and O–H groups in total. The maximum atomic E-state index is 13.3. The van der Waals surface area contributed by atoms with Crippen LogP contribution in [0, 0.1) is 0 Å². The van der Waals surface area contributed by atoms with E-state index in [-0.39, 0.29) is 6.03 Å². The molecular formula is C28H26N4O4. The van der Waals surface area contributed by atoms with Gasteiger partial charge in [0.15, 0.2) is 0 Å². The van der Waals surface area contributed by atoms with Crippen LogP contribution in [0.25, 0.3) is 17.0 Å². The van der Waals surface area contributed by atoms with Crippen molar-refractivity contribution in [3.8, 4) is 22.9 Å². The van der Waals surface area contributed by atoms with Crippen LogP contribution in [0.4, 0.5) is 4.79 Å². The van der Waals surface area contributed by atoms with Gasteiger partial charge in [0.1, 0.15) is 11.5 Å². The average Bonchev–Trinajstić information content (AvgIpc) is 3.41. The molecule has 0 saturated carbocycles. The largest absolute Gasteiger partial charge is 0.497 e. The summed E-state index contributed by atoms with van der Waals surface area (Å²) in [6, 6.07) is 24.1. The zero-order valence-corrected chi connectivity index (χ0v) is 20.3. The molecule has 0 radical (unpaired) electrons. The van der Waals surface area contributed by atoms with Crippen LogP contribution in [0.2, 0.25) is 0 Å². The number of urea groups is 1. The van der Waals surface area contributed by atoms with Crippen LogP contribution < -0.4 is 14.8 Å². The van der Waals surface area contributed by atoms with E-state index >= 15 is 0 Å². The first-order valence-electron chi connectivity index (χ1n) is 11.5. The van der Waals surface area contributed by atoms with E-state index in [9.17, 15) is 4.79 Å². The predicted octanol–water partition coefficient (Wildman–Crippen LogP) is 5.45. The number of benzene rings is 3. The second-order valence-corrected chi connectivity index (χ2v) is 8.38. The van der Waals surface area contributed by atoms with Crippen molar-refractivity contribution in [2.45, 2.75) is 19.5 Å². The molecule has 8 nitrogen and oxygen atoms in total. The lowest BCUT2D eigenvalue weighted by Gasteiger charge is -2.35. The van der Waals surface area contributed by atoms with Crippen LogP contribution in [-0.4, -0.2) is 35.3 Å². The fourth-order valence-electron chi connectivity index (χ4n) is 4.29. The molecule has 0 fully saturated rings. The summed E-state index contributed by atoms with van der Waals surface area (Å²) >= 11 is 0. The summed E-state index contributed by atoms with van der Waals surface area (Å²) in [6.07, 6.45) is 0. The number of allylic oxidation sites excluding steroid dienone is 1. The third kappa shape index (κ3) is 4.53. The highest BCUT2D eigenvalue weighted by Gasteiger charge is 2.35. The van der Waals surface area contributed by atoms with E-state index in [1.54, 1.807) is 19.1 Å². The van der Waals surface area contributed by atoms with Gasteiger partial charge in [-0.15, -0.1) is 0 Å². The number of hydrogen-bond acceptors (Lipinski definition) is 6. The molecule has 4 aromatic rings. The first kappa shape index (κ1) is 23.2. The van der Waals surface area contributed by atoms with Gasteiger partial charge in [-0.1, -0.05) is 59.8 Å². The molecule has 1 aliphatic rings. The molecule has 36 heavy (non-hydrogen) atoms. The molecule has 8 heteroatoms. The maximum absolute atomic E-state index is 13.3.